The molecule has 0 bridgehead atoms. The number of aryl methyl sites for hydroxylation is 1. The second-order valence-electron chi connectivity index (χ2n) is 3.36. The fourth-order valence-corrected chi connectivity index (χ4v) is 1.91. The Morgan fingerprint density at radius 3 is 2.87 bits per heavy atom. The number of benzene rings is 1. The van der Waals surface area contributed by atoms with Gasteiger partial charge in [-0.25, -0.2) is 0 Å². The molecule has 0 spiro atoms. The summed E-state index contributed by atoms with van der Waals surface area (Å²) in [6.07, 6.45) is 1.80. The Kier molecular flexibility index (Phi) is 2.52. The third-order valence-electron chi connectivity index (χ3n) is 2.17. The van der Waals surface area contributed by atoms with Crippen LogP contribution in [0.15, 0.2) is 28.9 Å². The van der Waals surface area contributed by atoms with Gasteiger partial charge in [0, 0.05) is 30.0 Å². The van der Waals surface area contributed by atoms with E-state index in [0.717, 1.165) is 15.4 Å². The smallest absolute Gasteiger partial charge is 0.308 e. The van der Waals surface area contributed by atoms with Crippen molar-refractivity contribution in [2.24, 2.45) is 7.05 Å². The summed E-state index contributed by atoms with van der Waals surface area (Å²) in [5.41, 5.74) is 1.03. The zero-order valence-corrected chi connectivity index (χ0v) is 10.0. The highest BCUT2D eigenvalue weighted by Gasteiger charge is 2.09. The molecule has 2 aromatic rings. The molecule has 4 heteroatoms. The number of rotatable bonds is 1. The van der Waals surface area contributed by atoms with Crippen LogP contribution in [0.4, 0.5) is 0 Å². The zero-order chi connectivity index (χ0) is 11.0. The molecule has 1 aromatic carbocycles. The SMILES string of the molecule is CC(=O)Oc1cn(C)c2cc(Br)ccc12. The zero-order valence-electron chi connectivity index (χ0n) is 8.45. The Balaban J connectivity index is 2.62. The van der Waals surface area contributed by atoms with E-state index in [-0.39, 0.29) is 5.97 Å². The highest BCUT2D eigenvalue weighted by atomic mass is 79.9. The molecule has 0 aliphatic carbocycles. The van der Waals surface area contributed by atoms with E-state index in [4.69, 9.17) is 4.74 Å². The Bertz CT molecular complexity index is 531. The van der Waals surface area contributed by atoms with Gasteiger partial charge in [-0.3, -0.25) is 4.79 Å². The molecule has 0 aliphatic heterocycles. The fraction of sp³-hybridized carbons (Fsp3) is 0.182. The van der Waals surface area contributed by atoms with Crippen LogP contribution in [0.5, 0.6) is 5.75 Å². The quantitative estimate of drug-likeness (QED) is 0.745. The van der Waals surface area contributed by atoms with E-state index in [0.29, 0.717) is 5.75 Å². The monoisotopic (exact) mass is 267 g/mol. The van der Waals surface area contributed by atoms with E-state index >= 15 is 0 Å². The minimum absolute atomic E-state index is 0.301. The van der Waals surface area contributed by atoms with Gasteiger partial charge >= 0.3 is 5.97 Å². The molecule has 0 fully saturated rings. The summed E-state index contributed by atoms with van der Waals surface area (Å²) < 4.78 is 8.05. The molecule has 15 heavy (non-hydrogen) atoms. The molecular weight excluding hydrogens is 258 g/mol. The second-order valence-corrected chi connectivity index (χ2v) is 4.28. The third-order valence-corrected chi connectivity index (χ3v) is 2.66. The van der Waals surface area contributed by atoms with Gasteiger partial charge in [0.15, 0.2) is 5.75 Å². The molecule has 0 aliphatic rings. The van der Waals surface area contributed by atoms with Gasteiger partial charge in [-0.05, 0) is 18.2 Å². The molecule has 0 saturated carbocycles. The van der Waals surface area contributed by atoms with Crippen LogP contribution < -0.4 is 4.74 Å². The molecule has 0 amide bonds. The number of carbonyl (C=O) groups excluding carboxylic acids is 1. The predicted molar refractivity (Wildman–Crippen MR) is 61.9 cm³/mol. The molecule has 1 heterocycles. The van der Waals surface area contributed by atoms with Crippen LogP contribution in [0.1, 0.15) is 6.92 Å². The van der Waals surface area contributed by atoms with Crippen LogP contribution in [0.25, 0.3) is 10.9 Å². The van der Waals surface area contributed by atoms with Gasteiger partial charge in [-0.15, -0.1) is 0 Å². The first-order chi connectivity index (χ1) is 7.08. The van der Waals surface area contributed by atoms with Crippen molar-refractivity contribution in [2.75, 3.05) is 0 Å². The fourth-order valence-electron chi connectivity index (χ4n) is 1.56. The second kappa shape index (κ2) is 3.70. The molecule has 0 N–H and O–H groups in total. The van der Waals surface area contributed by atoms with Crippen molar-refractivity contribution in [2.45, 2.75) is 6.92 Å². The first-order valence-electron chi connectivity index (χ1n) is 4.51. The standard InChI is InChI=1S/C11H10BrNO2/c1-7(14)15-11-6-13(2)10-5-8(12)3-4-9(10)11/h3-6H,1-2H3. The average Bonchev–Trinajstić information content (AvgIpc) is 2.42. The normalized spacial score (nSPS) is 10.6. The average molecular weight is 268 g/mol. The van der Waals surface area contributed by atoms with Crippen LogP contribution in [-0.4, -0.2) is 10.5 Å². The summed E-state index contributed by atoms with van der Waals surface area (Å²) in [6.45, 7) is 1.40. The predicted octanol–water partition coefficient (Wildman–Crippen LogP) is 2.87. The number of fused-ring (bicyclic) bond motifs is 1. The summed E-state index contributed by atoms with van der Waals surface area (Å²) in [6, 6.07) is 5.84. The van der Waals surface area contributed by atoms with Crippen molar-refractivity contribution in [3.8, 4) is 5.75 Å². The summed E-state index contributed by atoms with van der Waals surface area (Å²) in [4.78, 5) is 10.9. The lowest BCUT2D eigenvalue weighted by atomic mass is 10.2. The van der Waals surface area contributed by atoms with Crippen molar-refractivity contribution in [1.29, 1.82) is 0 Å². The molecule has 0 atom stereocenters. The van der Waals surface area contributed by atoms with E-state index in [1.54, 1.807) is 6.20 Å². The molecular formula is C11H10BrNO2. The summed E-state index contributed by atoms with van der Waals surface area (Å²) in [5, 5.41) is 0.941. The lowest BCUT2D eigenvalue weighted by molar-refractivity contribution is -0.131. The summed E-state index contributed by atoms with van der Waals surface area (Å²) >= 11 is 3.41. The van der Waals surface area contributed by atoms with Crippen LogP contribution >= 0.6 is 15.9 Å². The van der Waals surface area contributed by atoms with Crippen molar-refractivity contribution in [1.82, 2.24) is 4.57 Å². The van der Waals surface area contributed by atoms with Crippen molar-refractivity contribution in [3.63, 3.8) is 0 Å². The number of aromatic nitrogens is 1. The van der Waals surface area contributed by atoms with E-state index in [2.05, 4.69) is 15.9 Å². The van der Waals surface area contributed by atoms with Gasteiger partial charge in [0.2, 0.25) is 0 Å². The number of hydrogen-bond donors (Lipinski definition) is 0. The van der Waals surface area contributed by atoms with Gasteiger partial charge < -0.3 is 9.30 Å². The summed E-state index contributed by atoms with van der Waals surface area (Å²) in [5.74, 6) is 0.304. The maximum Gasteiger partial charge on any atom is 0.308 e. The molecule has 78 valence electrons. The first kappa shape index (κ1) is 10.2. The largest absolute Gasteiger partial charge is 0.424 e. The van der Waals surface area contributed by atoms with Crippen molar-refractivity contribution >= 4 is 32.8 Å². The number of nitrogens with zero attached hydrogens (tertiary/aromatic N) is 1. The summed E-state index contributed by atoms with van der Waals surface area (Å²) in [7, 11) is 1.92. The first-order valence-corrected chi connectivity index (χ1v) is 5.30. The van der Waals surface area contributed by atoms with Gasteiger partial charge in [-0.2, -0.15) is 0 Å². The van der Waals surface area contributed by atoms with E-state index in [1.807, 2.05) is 29.8 Å². The molecule has 2 rings (SSSR count). The van der Waals surface area contributed by atoms with Gasteiger partial charge in [0.1, 0.15) is 0 Å². The highest BCUT2D eigenvalue weighted by molar-refractivity contribution is 9.10. The van der Waals surface area contributed by atoms with E-state index < -0.39 is 0 Å². The molecule has 0 saturated heterocycles. The Labute approximate surface area is 95.8 Å². The lowest BCUT2D eigenvalue weighted by Gasteiger charge is -1.98. The number of carbonyl (C=O) groups is 1. The van der Waals surface area contributed by atoms with E-state index in [1.165, 1.54) is 6.92 Å². The Morgan fingerprint density at radius 2 is 2.20 bits per heavy atom. The number of hydrogen-bond acceptors (Lipinski definition) is 2. The highest BCUT2D eigenvalue weighted by Crippen LogP contribution is 2.29. The number of esters is 1. The van der Waals surface area contributed by atoms with Crippen LogP contribution in [0, 0.1) is 0 Å². The molecule has 1 aromatic heterocycles. The van der Waals surface area contributed by atoms with Crippen LogP contribution in [0.2, 0.25) is 0 Å². The van der Waals surface area contributed by atoms with Gasteiger partial charge in [0.05, 0.1) is 5.52 Å². The minimum Gasteiger partial charge on any atom is -0.424 e. The number of ether oxygens (including phenoxy) is 1. The molecule has 0 unspecified atom stereocenters. The van der Waals surface area contributed by atoms with Crippen molar-refractivity contribution in [3.05, 3.63) is 28.9 Å². The van der Waals surface area contributed by atoms with Gasteiger partial charge in [-0.1, -0.05) is 15.9 Å². The lowest BCUT2D eigenvalue weighted by Crippen LogP contribution is -2.00. The topological polar surface area (TPSA) is 31.2 Å². The number of halogens is 1. The molecule has 3 nitrogen and oxygen atoms in total. The van der Waals surface area contributed by atoms with Crippen LogP contribution in [-0.2, 0) is 11.8 Å². The van der Waals surface area contributed by atoms with Crippen LogP contribution in [0.3, 0.4) is 0 Å². The van der Waals surface area contributed by atoms with Crippen molar-refractivity contribution < 1.29 is 9.53 Å². The maximum absolute atomic E-state index is 10.9. The Morgan fingerprint density at radius 1 is 1.47 bits per heavy atom. The minimum atomic E-state index is -0.301. The van der Waals surface area contributed by atoms with E-state index in [9.17, 15) is 4.79 Å². The Hall–Kier alpha value is -1.29. The third kappa shape index (κ3) is 1.90. The van der Waals surface area contributed by atoms with Gasteiger partial charge in [0.25, 0.3) is 0 Å². The maximum atomic E-state index is 10.9. The molecule has 0 radical (unpaired) electrons.